The van der Waals surface area contributed by atoms with E-state index in [-0.39, 0.29) is 29.3 Å². The number of carbonyl (C=O) groups excluding carboxylic acids is 1. The zero-order valence-electron chi connectivity index (χ0n) is 16.6. The molecule has 0 bridgehead atoms. The molecule has 0 spiro atoms. The van der Waals surface area contributed by atoms with Gasteiger partial charge < -0.3 is 9.64 Å². The van der Waals surface area contributed by atoms with Crippen LogP contribution in [0.2, 0.25) is 5.02 Å². The Balaban J connectivity index is 1.81. The molecule has 1 saturated heterocycles. The molecule has 1 heterocycles. The first-order valence-corrected chi connectivity index (χ1v) is 10.0. The molecular formula is C23H27ClFNO2. The third kappa shape index (κ3) is 5.12. The van der Waals surface area contributed by atoms with Crippen LogP contribution in [0.25, 0.3) is 0 Å². The molecule has 1 aliphatic rings. The van der Waals surface area contributed by atoms with Crippen molar-refractivity contribution in [2.45, 2.75) is 50.7 Å². The van der Waals surface area contributed by atoms with Gasteiger partial charge in [0.1, 0.15) is 5.82 Å². The van der Waals surface area contributed by atoms with Crippen LogP contribution in [0.1, 0.15) is 50.2 Å². The van der Waals surface area contributed by atoms with Gasteiger partial charge in [-0.1, -0.05) is 35.9 Å². The van der Waals surface area contributed by atoms with E-state index in [9.17, 15) is 9.18 Å². The highest BCUT2D eigenvalue weighted by molar-refractivity contribution is 6.30. The Morgan fingerprint density at radius 3 is 2.32 bits per heavy atom. The van der Waals surface area contributed by atoms with E-state index in [1.807, 2.05) is 36.2 Å². The lowest BCUT2D eigenvalue weighted by molar-refractivity contribution is -0.138. The summed E-state index contributed by atoms with van der Waals surface area (Å²) in [5, 5.41) is 0.648. The fourth-order valence-electron chi connectivity index (χ4n) is 3.87. The second-order valence-corrected chi connectivity index (χ2v) is 8.56. The molecule has 0 aromatic heterocycles. The largest absolute Gasteiger partial charge is 0.375 e. The van der Waals surface area contributed by atoms with Gasteiger partial charge in [0.2, 0.25) is 5.91 Å². The Labute approximate surface area is 171 Å². The molecule has 3 rings (SSSR count). The van der Waals surface area contributed by atoms with E-state index in [0.29, 0.717) is 18.1 Å². The zero-order valence-corrected chi connectivity index (χ0v) is 17.4. The lowest BCUT2D eigenvalue weighted by atomic mass is 9.87. The van der Waals surface area contributed by atoms with Gasteiger partial charge in [0.05, 0.1) is 5.60 Å². The predicted octanol–water partition coefficient (Wildman–Crippen LogP) is 5.42. The van der Waals surface area contributed by atoms with Crippen LogP contribution in [0, 0.1) is 5.82 Å². The van der Waals surface area contributed by atoms with Gasteiger partial charge in [0.25, 0.3) is 0 Å². The Morgan fingerprint density at radius 2 is 1.75 bits per heavy atom. The topological polar surface area (TPSA) is 29.5 Å². The van der Waals surface area contributed by atoms with E-state index in [1.54, 1.807) is 12.1 Å². The van der Waals surface area contributed by atoms with Gasteiger partial charge in [0, 0.05) is 37.1 Å². The molecule has 0 aliphatic carbocycles. The monoisotopic (exact) mass is 403 g/mol. The predicted molar refractivity (Wildman–Crippen MR) is 110 cm³/mol. The van der Waals surface area contributed by atoms with Crippen LogP contribution in [0.4, 0.5) is 4.39 Å². The summed E-state index contributed by atoms with van der Waals surface area (Å²) in [5.74, 6) is -0.362. The normalized spacial score (nSPS) is 19.8. The summed E-state index contributed by atoms with van der Waals surface area (Å²) in [6.45, 7) is 4.78. The molecule has 1 fully saturated rings. The lowest BCUT2D eigenvalue weighted by Crippen LogP contribution is -2.47. The van der Waals surface area contributed by atoms with Crippen LogP contribution in [0.3, 0.4) is 0 Å². The molecule has 1 amide bonds. The van der Waals surface area contributed by atoms with E-state index >= 15 is 0 Å². The maximum Gasteiger partial charge on any atom is 0.223 e. The van der Waals surface area contributed by atoms with E-state index < -0.39 is 0 Å². The molecule has 150 valence electrons. The van der Waals surface area contributed by atoms with Crippen LogP contribution in [-0.2, 0) is 9.53 Å². The molecule has 2 atom stereocenters. The molecule has 5 heteroatoms. The standard InChI is InChI=1S/C23H27ClFNO2/c1-23(2)15-20(12-13-28-23)26(3)22(27)14-21(16-4-8-18(24)9-5-16)17-6-10-19(25)11-7-17/h4-11,20-21H,12-15H2,1-3H3/t20-,21-/m0/s1. The van der Waals surface area contributed by atoms with Crippen molar-refractivity contribution in [1.82, 2.24) is 4.90 Å². The molecule has 28 heavy (non-hydrogen) atoms. The smallest absolute Gasteiger partial charge is 0.223 e. The summed E-state index contributed by atoms with van der Waals surface area (Å²) < 4.78 is 19.2. The molecule has 0 unspecified atom stereocenters. The second kappa shape index (κ2) is 8.62. The molecule has 2 aromatic carbocycles. The Morgan fingerprint density at radius 1 is 1.18 bits per heavy atom. The van der Waals surface area contributed by atoms with Gasteiger partial charge in [-0.25, -0.2) is 4.39 Å². The van der Waals surface area contributed by atoms with Crippen molar-refractivity contribution in [3.8, 4) is 0 Å². The Kier molecular flexibility index (Phi) is 6.41. The van der Waals surface area contributed by atoms with Crippen LogP contribution < -0.4 is 0 Å². The average molecular weight is 404 g/mol. The highest BCUT2D eigenvalue weighted by Crippen LogP contribution is 2.32. The molecule has 2 aromatic rings. The fourth-order valence-corrected chi connectivity index (χ4v) is 4.00. The first-order valence-electron chi connectivity index (χ1n) is 9.66. The summed E-state index contributed by atoms with van der Waals surface area (Å²) in [5.41, 5.74) is 1.69. The first-order chi connectivity index (χ1) is 13.2. The van der Waals surface area contributed by atoms with Crippen molar-refractivity contribution in [3.63, 3.8) is 0 Å². The molecule has 1 aliphatic heterocycles. The van der Waals surface area contributed by atoms with Crippen molar-refractivity contribution >= 4 is 17.5 Å². The summed E-state index contributed by atoms with van der Waals surface area (Å²) in [7, 11) is 1.87. The fraction of sp³-hybridized carbons (Fsp3) is 0.435. The molecule has 0 radical (unpaired) electrons. The Bertz CT molecular complexity index is 759. The summed E-state index contributed by atoms with van der Waals surface area (Å²) >= 11 is 6.03. The first kappa shape index (κ1) is 20.8. The van der Waals surface area contributed by atoms with Gasteiger partial charge in [-0.15, -0.1) is 0 Å². The van der Waals surface area contributed by atoms with Crippen molar-refractivity contribution in [2.75, 3.05) is 13.7 Å². The zero-order chi connectivity index (χ0) is 20.3. The minimum absolute atomic E-state index is 0.0759. The highest BCUT2D eigenvalue weighted by Gasteiger charge is 2.33. The SMILES string of the molecule is CN(C(=O)C[C@H](c1ccc(F)cc1)c1ccc(Cl)cc1)[C@H]1CCOC(C)(C)C1. The van der Waals surface area contributed by atoms with Crippen molar-refractivity contribution in [2.24, 2.45) is 0 Å². The third-order valence-corrected chi connectivity index (χ3v) is 5.79. The summed E-state index contributed by atoms with van der Waals surface area (Å²) in [6.07, 6.45) is 1.98. The van der Waals surface area contributed by atoms with Crippen molar-refractivity contribution in [1.29, 1.82) is 0 Å². The number of carbonyl (C=O) groups is 1. The third-order valence-electron chi connectivity index (χ3n) is 5.54. The molecular weight excluding hydrogens is 377 g/mol. The number of amides is 1. The quantitative estimate of drug-likeness (QED) is 0.667. The van der Waals surface area contributed by atoms with Gasteiger partial charge in [-0.05, 0) is 62.1 Å². The average Bonchev–Trinajstić information content (AvgIpc) is 2.66. The molecule has 3 nitrogen and oxygen atoms in total. The number of nitrogens with zero attached hydrogens (tertiary/aromatic N) is 1. The second-order valence-electron chi connectivity index (χ2n) is 8.12. The van der Waals surface area contributed by atoms with Gasteiger partial charge in [-0.2, -0.15) is 0 Å². The van der Waals surface area contributed by atoms with E-state index in [4.69, 9.17) is 16.3 Å². The molecule has 0 saturated carbocycles. The number of hydrogen-bond acceptors (Lipinski definition) is 2. The van der Waals surface area contributed by atoms with E-state index in [2.05, 4.69) is 13.8 Å². The number of hydrogen-bond donors (Lipinski definition) is 0. The van der Waals surface area contributed by atoms with Crippen LogP contribution in [0.5, 0.6) is 0 Å². The van der Waals surface area contributed by atoms with Crippen molar-refractivity contribution in [3.05, 3.63) is 70.5 Å². The number of rotatable bonds is 5. The van der Waals surface area contributed by atoms with Gasteiger partial charge in [-0.3, -0.25) is 4.79 Å². The highest BCUT2D eigenvalue weighted by atomic mass is 35.5. The minimum atomic E-state index is -0.286. The van der Waals surface area contributed by atoms with Crippen LogP contribution in [0.15, 0.2) is 48.5 Å². The minimum Gasteiger partial charge on any atom is -0.375 e. The maximum absolute atomic E-state index is 13.4. The Hall–Kier alpha value is -1.91. The van der Waals surface area contributed by atoms with Crippen LogP contribution >= 0.6 is 11.6 Å². The van der Waals surface area contributed by atoms with Gasteiger partial charge in [0.15, 0.2) is 0 Å². The lowest BCUT2D eigenvalue weighted by Gasteiger charge is -2.40. The summed E-state index contributed by atoms with van der Waals surface area (Å²) in [6, 6.07) is 14.0. The van der Waals surface area contributed by atoms with E-state index in [1.165, 1.54) is 12.1 Å². The maximum atomic E-state index is 13.4. The summed E-state index contributed by atoms with van der Waals surface area (Å²) in [4.78, 5) is 15.0. The van der Waals surface area contributed by atoms with Crippen molar-refractivity contribution < 1.29 is 13.9 Å². The number of ether oxygens (including phenoxy) is 1. The number of benzene rings is 2. The van der Waals surface area contributed by atoms with Crippen LogP contribution in [-0.4, -0.2) is 36.1 Å². The number of halogens is 2. The molecule has 0 N–H and O–H groups in total. The van der Waals surface area contributed by atoms with Gasteiger partial charge >= 0.3 is 0 Å². The van der Waals surface area contributed by atoms with E-state index in [0.717, 1.165) is 24.0 Å².